The summed E-state index contributed by atoms with van der Waals surface area (Å²) in [4.78, 5) is 10.2. The van der Waals surface area contributed by atoms with E-state index in [1.54, 1.807) is 6.20 Å². The lowest BCUT2D eigenvalue weighted by Crippen LogP contribution is -2.21. The Morgan fingerprint density at radius 3 is 2.93 bits per heavy atom. The van der Waals surface area contributed by atoms with Crippen molar-refractivity contribution in [3.63, 3.8) is 0 Å². The standard InChI is InChI=1S/C10H12N4O/c11-3-9-4-13-10(5-12-9)14-2-1-8(6-14)7-15/h4-5,8,15H,1-2,6-7H2. The monoisotopic (exact) mass is 204 g/mol. The molecule has 1 aromatic rings. The van der Waals surface area contributed by atoms with Crippen LogP contribution in [-0.4, -0.2) is 34.8 Å². The molecular formula is C10H12N4O. The highest BCUT2D eigenvalue weighted by Gasteiger charge is 2.22. The molecule has 0 bridgehead atoms. The maximum Gasteiger partial charge on any atom is 0.158 e. The fourth-order valence-electron chi connectivity index (χ4n) is 1.73. The summed E-state index contributed by atoms with van der Waals surface area (Å²) in [6, 6.07) is 1.93. The molecule has 0 saturated carbocycles. The van der Waals surface area contributed by atoms with Crippen molar-refractivity contribution in [3.05, 3.63) is 18.1 Å². The zero-order valence-electron chi connectivity index (χ0n) is 8.30. The summed E-state index contributed by atoms with van der Waals surface area (Å²) in [5.74, 6) is 1.12. The molecule has 0 amide bonds. The van der Waals surface area contributed by atoms with Crippen LogP contribution in [0.1, 0.15) is 12.1 Å². The van der Waals surface area contributed by atoms with Gasteiger partial charge in [0, 0.05) is 25.6 Å². The first-order valence-electron chi connectivity index (χ1n) is 4.91. The zero-order valence-corrected chi connectivity index (χ0v) is 8.30. The molecule has 2 heterocycles. The minimum atomic E-state index is 0.222. The molecule has 1 aliphatic rings. The maximum absolute atomic E-state index is 9.01. The Bertz CT molecular complexity index is 370. The van der Waals surface area contributed by atoms with E-state index in [9.17, 15) is 0 Å². The van der Waals surface area contributed by atoms with Crippen LogP contribution < -0.4 is 4.90 Å². The molecule has 78 valence electrons. The maximum atomic E-state index is 9.01. The number of anilines is 1. The van der Waals surface area contributed by atoms with Crippen molar-refractivity contribution in [2.24, 2.45) is 5.92 Å². The van der Waals surface area contributed by atoms with Gasteiger partial charge in [0.15, 0.2) is 5.69 Å². The van der Waals surface area contributed by atoms with E-state index in [1.165, 1.54) is 6.20 Å². The van der Waals surface area contributed by atoms with Gasteiger partial charge in [-0.15, -0.1) is 0 Å². The van der Waals surface area contributed by atoms with E-state index in [1.807, 2.05) is 6.07 Å². The Morgan fingerprint density at radius 2 is 2.40 bits per heavy atom. The Balaban J connectivity index is 2.08. The number of nitriles is 1. The molecular weight excluding hydrogens is 192 g/mol. The van der Waals surface area contributed by atoms with Crippen LogP contribution in [0.25, 0.3) is 0 Å². The topological polar surface area (TPSA) is 73.0 Å². The first-order valence-corrected chi connectivity index (χ1v) is 4.91. The number of rotatable bonds is 2. The van der Waals surface area contributed by atoms with Crippen LogP contribution in [0.4, 0.5) is 5.82 Å². The minimum absolute atomic E-state index is 0.222. The third kappa shape index (κ3) is 2.05. The van der Waals surface area contributed by atoms with Gasteiger partial charge in [-0.05, 0) is 6.42 Å². The van der Waals surface area contributed by atoms with E-state index in [2.05, 4.69) is 14.9 Å². The van der Waals surface area contributed by atoms with Gasteiger partial charge < -0.3 is 10.0 Å². The van der Waals surface area contributed by atoms with Crippen molar-refractivity contribution < 1.29 is 5.11 Å². The molecule has 1 atom stereocenters. The molecule has 1 fully saturated rings. The predicted molar refractivity (Wildman–Crippen MR) is 54.2 cm³/mol. The molecule has 0 radical (unpaired) electrons. The lowest BCUT2D eigenvalue weighted by atomic mass is 10.1. The summed E-state index contributed by atoms with van der Waals surface area (Å²) < 4.78 is 0. The average molecular weight is 204 g/mol. The Hall–Kier alpha value is -1.67. The highest BCUT2D eigenvalue weighted by atomic mass is 16.3. The van der Waals surface area contributed by atoms with Gasteiger partial charge >= 0.3 is 0 Å². The second kappa shape index (κ2) is 4.24. The summed E-state index contributed by atoms with van der Waals surface area (Å²) in [5.41, 5.74) is 0.330. The molecule has 1 N–H and O–H groups in total. The van der Waals surface area contributed by atoms with Crippen LogP contribution in [0, 0.1) is 17.2 Å². The SMILES string of the molecule is N#Cc1cnc(N2CCC(CO)C2)cn1. The van der Waals surface area contributed by atoms with Gasteiger partial charge in [-0.25, -0.2) is 9.97 Å². The van der Waals surface area contributed by atoms with Crippen molar-refractivity contribution in [3.8, 4) is 6.07 Å². The Morgan fingerprint density at radius 1 is 1.53 bits per heavy atom. The van der Waals surface area contributed by atoms with Crippen LogP contribution in [0.5, 0.6) is 0 Å². The van der Waals surface area contributed by atoms with E-state index in [4.69, 9.17) is 10.4 Å². The second-order valence-corrected chi connectivity index (χ2v) is 3.65. The van der Waals surface area contributed by atoms with E-state index >= 15 is 0 Å². The lowest BCUT2D eigenvalue weighted by molar-refractivity contribution is 0.238. The summed E-state index contributed by atoms with van der Waals surface area (Å²) in [7, 11) is 0. The first-order chi connectivity index (χ1) is 7.33. The van der Waals surface area contributed by atoms with Crippen LogP contribution in [0.3, 0.4) is 0 Å². The number of hydrogen-bond donors (Lipinski definition) is 1. The highest BCUT2D eigenvalue weighted by molar-refractivity contribution is 5.38. The van der Waals surface area contributed by atoms with Crippen molar-refractivity contribution in [2.45, 2.75) is 6.42 Å². The smallest absolute Gasteiger partial charge is 0.158 e. The minimum Gasteiger partial charge on any atom is -0.396 e. The molecule has 1 unspecified atom stereocenters. The summed E-state index contributed by atoms with van der Waals surface area (Å²) in [6.45, 7) is 1.93. The van der Waals surface area contributed by atoms with Crippen LogP contribution in [0.2, 0.25) is 0 Å². The third-order valence-electron chi connectivity index (χ3n) is 2.62. The van der Waals surface area contributed by atoms with Crippen molar-refractivity contribution in [2.75, 3.05) is 24.6 Å². The predicted octanol–water partition coefficient (Wildman–Crippen LogP) is 0.167. The van der Waals surface area contributed by atoms with Gasteiger partial charge in [0.05, 0.1) is 12.4 Å². The Labute approximate surface area is 88.0 Å². The third-order valence-corrected chi connectivity index (χ3v) is 2.62. The van der Waals surface area contributed by atoms with Crippen LogP contribution >= 0.6 is 0 Å². The number of aliphatic hydroxyl groups is 1. The molecule has 5 nitrogen and oxygen atoms in total. The normalized spacial score (nSPS) is 20.3. The number of hydrogen-bond acceptors (Lipinski definition) is 5. The molecule has 1 saturated heterocycles. The molecule has 2 rings (SSSR count). The van der Waals surface area contributed by atoms with E-state index in [-0.39, 0.29) is 6.61 Å². The first kappa shape index (κ1) is 9.87. The molecule has 0 aliphatic carbocycles. The second-order valence-electron chi connectivity index (χ2n) is 3.65. The van der Waals surface area contributed by atoms with Gasteiger partial charge in [-0.1, -0.05) is 0 Å². The molecule has 15 heavy (non-hydrogen) atoms. The fraction of sp³-hybridized carbons (Fsp3) is 0.500. The number of aromatic nitrogens is 2. The molecule has 5 heteroatoms. The van der Waals surface area contributed by atoms with E-state index < -0.39 is 0 Å². The van der Waals surface area contributed by atoms with Gasteiger partial charge in [0.25, 0.3) is 0 Å². The fourth-order valence-corrected chi connectivity index (χ4v) is 1.73. The Kier molecular flexibility index (Phi) is 2.79. The zero-order chi connectivity index (χ0) is 10.7. The molecule has 0 aromatic carbocycles. The number of aliphatic hydroxyl groups excluding tert-OH is 1. The van der Waals surface area contributed by atoms with Crippen LogP contribution in [-0.2, 0) is 0 Å². The molecule has 0 spiro atoms. The lowest BCUT2D eigenvalue weighted by Gasteiger charge is -2.16. The van der Waals surface area contributed by atoms with Gasteiger partial charge in [0.1, 0.15) is 11.9 Å². The number of nitrogens with zero attached hydrogens (tertiary/aromatic N) is 4. The quantitative estimate of drug-likeness (QED) is 0.743. The largest absolute Gasteiger partial charge is 0.396 e. The summed E-state index contributed by atoms with van der Waals surface area (Å²) in [6.07, 6.45) is 4.07. The molecule has 1 aliphatic heterocycles. The van der Waals surface area contributed by atoms with E-state index in [0.29, 0.717) is 11.6 Å². The van der Waals surface area contributed by atoms with Crippen molar-refractivity contribution in [1.82, 2.24) is 9.97 Å². The molecule has 1 aromatic heterocycles. The van der Waals surface area contributed by atoms with Crippen molar-refractivity contribution >= 4 is 5.82 Å². The van der Waals surface area contributed by atoms with Gasteiger partial charge in [-0.2, -0.15) is 5.26 Å². The van der Waals surface area contributed by atoms with Gasteiger partial charge in [0.2, 0.25) is 0 Å². The van der Waals surface area contributed by atoms with Crippen LogP contribution in [0.15, 0.2) is 12.4 Å². The van der Waals surface area contributed by atoms with Crippen molar-refractivity contribution in [1.29, 1.82) is 5.26 Å². The summed E-state index contributed by atoms with van der Waals surface area (Å²) in [5, 5.41) is 17.6. The average Bonchev–Trinajstić information content (AvgIpc) is 2.78. The highest BCUT2D eigenvalue weighted by Crippen LogP contribution is 2.20. The van der Waals surface area contributed by atoms with Gasteiger partial charge in [-0.3, -0.25) is 0 Å². The van der Waals surface area contributed by atoms with E-state index in [0.717, 1.165) is 25.3 Å². The summed E-state index contributed by atoms with van der Waals surface area (Å²) >= 11 is 0.